The SMILES string of the molecule is COc1cc(OC)c(Br)c(C(=O)/C=C/c2ccc(OC)c(OC)c2)c1. The number of hydrogen-bond acceptors (Lipinski definition) is 5. The number of benzene rings is 2. The van der Waals surface area contributed by atoms with Crippen LogP contribution < -0.4 is 18.9 Å². The van der Waals surface area contributed by atoms with Crippen LogP contribution >= 0.6 is 15.9 Å². The minimum atomic E-state index is -0.182. The zero-order chi connectivity index (χ0) is 18.4. The van der Waals surface area contributed by atoms with Crippen molar-refractivity contribution in [2.75, 3.05) is 28.4 Å². The van der Waals surface area contributed by atoms with Crippen molar-refractivity contribution in [2.24, 2.45) is 0 Å². The minimum absolute atomic E-state index is 0.182. The second-order valence-corrected chi connectivity index (χ2v) is 5.80. The predicted octanol–water partition coefficient (Wildman–Crippen LogP) is 4.38. The van der Waals surface area contributed by atoms with Gasteiger partial charge in [0.1, 0.15) is 11.5 Å². The highest BCUT2D eigenvalue weighted by Crippen LogP contribution is 2.34. The zero-order valence-electron chi connectivity index (χ0n) is 14.5. The van der Waals surface area contributed by atoms with Gasteiger partial charge in [-0.3, -0.25) is 4.79 Å². The van der Waals surface area contributed by atoms with Crippen molar-refractivity contribution >= 4 is 27.8 Å². The van der Waals surface area contributed by atoms with Crippen LogP contribution in [0.5, 0.6) is 23.0 Å². The average Bonchev–Trinajstić information content (AvgIpc) is 2.65. The Morgan fingerprint density at radius 1 is 0.880 bits per heavy atom. The van der Waals surface area contributed by atoms with Gasteiger partial charge in [-0.15, -0.1) is 0 Å². The van der Waals surface area contributed by atoms with Crippen molar-refractivity contribution in [1.29, 1.82) is 0 Å². The second-order valence-electron chi connectivity index (χ2n) is 5.00. The van der Waals surface area contributed by atoms with Gasteiger partial charge in [0.15, 0.2) is 17.3 Å². The smallest absolute Gasteiger partial charge is 0.187 e. The summed E-state index contributed by atoms with van der Waals surface area (Å²) in [5, 5.41) is 0. The molecule has 0 bridgehead atoms. The van der Waals surface area contributed by atoms with Crippen LogP contribution in [0.15, 0.2) is 40.9 Å². The largest absolute Gasteiger partial charge is 0.497 e. The van der Waals surface area contributed by atoms with Gasteiger partial charge in [-0.1, -0.05) is 12.1 Å². The van der Waals surface area contributed by atoms with E-state index in [9.17, 15) is 4.79 Å². The summed E-state index contributed by atoms with van der Waals surface area (Å²) in [6.45, 7) is 0. The van der Waals surface area contributed by atoms with E-state index in [0.29, 0.717) is 33.0 Å². The summed E-state index contributed by atoms with van der Waals surface area (Å²) in [7, 11) is 6.21. The molecule has 0 saturated carbocycles. The van der Waals surface area contributed by atoms with E-state index in [-0.39, 0.29) is 5.78 Å². The van der Waals surface area contributed by atoms with E-state index in [1.165, 1.54) is 20.3 Å². The third-order valence-electron chi connectivity index (χ3n) is 3.57. The van der Waals surface area contributed by atoms with Gasteiger partial charge in [0.2, 0.25) is 0 Å². The first kappa shape index (κ1) is 18.9. The molecular formula is C19H19BrO5. The summed E-state index contributed by atoms with van der Waals surface area (Å²) < 4.78 is 21.5. The van der Waals surface area contributed by atoms with Crippen LogP contribution in [0.3, 0.4) is 0 Å². The fourth-order valence-electron chi connectivity index (χ4n) is 2.24. The highest BCUT2D eigenvalue weighted by molar-refractivity contribution is 9.10. The summed E-state index contributed by atoms with van der Waals surface area (Å²) in [4.78, 5) is 12.6. The highest BCUT2D eigenvalue weighted by atomic mass is 79.9. The molecule has 0 spiro atoms. The van der Waals surface area contributed by atoms with E-state index >= 15 is 0 Å². The van der Waals surface area contributed by atoms with Gasteiger partial charge in [0, 0.05) is 11.6 Å². The lowest BCUT2D eigenvalue weighted by Gasteiger charge is -2.10. The molecule has 132 valence electrons. The monoisotopic (exact) mass is 406 g/mol. The van der Waals surface area contributed by atoms with Gasteiger partial charge in [0.25, 0.3) is 0 Å². The standard InChI is InChI=1S/C19H19BrO5/c1-22-13-10-14(19(20)18(11-13)25-4)15(21)7-5-12-6-8-16(23-2)17(9-12)24-3/h5-11H,1-4H3/b7-5+. The molecule has 0 fully saturated rings. The number of ether oxygens (including phenoxy) is 4. The summed E-state index contributed by atoms with van der Waals surface area (Å²) in [5.41, 5.74) is 1.27. The molecule has 0 aliphatic rings. The third kappa shape index (κ3) is 4.33. The van der Waals surface area contributed by atoms with Gasteiger partial charge in [0.05, 0.1) is 32.9 Å². The lowest BCUT2D eigenvalue weighted by atomic mass is 10.1. The van der Waals surface area contributed by atoms with Crippen LogP contribution in [0.25, 0.3) is 6.08 Å². The molecule has 0 aliphatic carbocycles. The molecular weight excluding hydrogens is 388 g/mol. The lowest BCUT2D eigenvalue weighted by Crippen LogP contribution is -1.99. The first-order valence-corrected chi connectivity index (χ1v) is 8.19. The molecule has 0 unspecified atom stereocenters. The minimum Gasteiger partial charge on any atom is -0.497 e. The summed E-state index contributed by atoms with van der Waals surface area (Å²) in [6, 6.07) is 8.79. The van der Waals surface area contributed by atoms with Gasteiger partial charge < -0.3 is 18.9 Å². The van der Waals surface area contributed by atoms with Crippen molar-refractivity contribution in [2.45, 2.75) is 0 Å². The van der Waals surface area contributed by atoms with E-state index in [1.54, 1.807) is 44.6 Å². The van der Waals surface area contributed by atoms with Crippen LogP contribution in [0.2, 0.25) is 0 Å². The molecule has 0 atom stereocenters. The topological polar surface area (TPSA) is 54.0 Å². The number of allylic oxidation sites excluding steroid dienone is 1. The summed E-state index contributed by atoms with van der Waals surface area (Å²) in [6.07, 6.45) is 3.20. The van der Waals surface area contributed by atoms with E-state index in [0.717, 1.165) is 5.56 Å². The van der Waals surface area contributed by atoms with E-state index in [2.05, 4.69) is 15.9 Å². The normalized spacial score (nSPS) is 10.6. The zero-order valence-corrected chi connectivity index (χ0v) is 16.0. The lowest BCUT2D eigenvalue weighted by molar-refractivity contribution is 0.104. The van der Waals surface area contributed by atoms with Crippen molar-refractivity contribution in [3.63, 3.8) is 0 Å². The molecule has 6 heteroatoms. The van der Waals surface area contributed by atoms with Crippen LogP contribution in [0.1, 0.15) is 15.9 Å². The Kier molecular flexibility index (Phi) is 6.47. The molecule has 5 nitrogen and oxygen atoms in total. The fraction of sp³-hybridized carbons (Fsp3) is 0.211. The quantitative estimate of drug-likeness (QED) is 0.504. The number of carbonyl (C=O) groups excluding carboxylic acids is 1. The maximum atomic E-state index is 12.6. The number of carbonyl (C=O) groups is 1. The molecule has 0 aromatic heterocycles. The second kappa shape index (κ2) is 8.58. The van der Waals surface area contributed by atoms with Crippen LogP contribution in [0, 0.1) is 0 Å². The fourth-order valence-corrected chi connectivity index (χ4v) is 2.82. The maximum absolute atomic E-state index is 12.6. The Morgan fingerprint density at radius 3 is 2.16 bits per heavy atom. The first-order chi connectivity index (χ1) is 12.0. The molecule has 2 rings (SSSR count). The highest BCUT2D eigenvalue weighted by Gasteiger charge is 2.14. The Hall–Kier alpha value is -2.47. The van der Waals surface area contributed by atoms with E-state index in [1.807, 2.05) is 6.07 Å². The Bertz CT molecular complexity index is 799. The molecule has 25 heavy (non-hydrogen) atoms. The summed E-state index contributed by atoms with van der Waals surface area (Å²) in [5.74, 6) is 2.12. The van der Waals surface area contributed by atoms with E-state index in [4.69, 9.17) is 18.9 Å². The van der Waals surface area contributed by atoms with E-state index < -0.39 is 0 Å². The molecule has 0 radical (unpaired) electrons. The number of methoxy groups -OCH3 is 4. The predicted molar refractivity (Wildman–Crippen MR) is 100 cm³/mol. The molecule has 0 N–H and O–H groups in total. The number of ketones is 1. The molecule has 0 heterocycles. The number of halogens is 1. The van der Waals surface area contributed by atoms with Gasteiger partial charge in [-0.25, -0.2) is 0 Å². The van der Waals surface area contributed by atoms with Crippen LogP contribution in [-0.4, -0.2) is 34.2 Å². The van der Waals surface area contributed by atoms with Crippen molar-refractivity contribution in [1.82, 2.24) is 0 Å². The number of hydrogen-bond donors (Lipinski definition) is 0. The average molecular weight is 407 g/mol. The number of rotatable bonds is 7. The summed E-state index contributed by atoms with van der Waals surface area (Å²) >= 11 is 3.40. The molecule has 2 aromatic carbocycles. The maximum Gasteiger partial charge on any atom is 0.187 e. The van der Waals surface area contributed by atoms with Gasteiger partial charge >= 0.3 is 0 Å². The van der Waals surface area contributed by atoms with Gasteiger partial charge in [-0.2, -0.15) is 0 Å². The van der Waals surface area contributed by atoms with Crippen molar-refractivity contribution < 1.29 is 23.7 Å². The molecule has 0 amide bonds. The van der Waals surface area contributed by atoms with Crippen molar-refractivity contribution in [3.8, 4) is 23.0 Å². The first-order valence-electron chi connectivity index (χ1n) is 7.40. The Balaban J connectivity index is 2.32. The molecule has 0 aliphatic heterocycles. The molecule has 2 aromatic rings. The third-order valence-corrected chi connectivity index (χ3v) is 4.39. The molecule has 0 saturated heterocycles. The van der Waals surface area contributed by atoms with Crippen LogP contribution in [0.4, 0.5) is 0 Å². The Morgan fingerprint density at radius 2 is 1.56 bits per heavy atom. The van der Waals surface area contributed by atoms with Crippen LogP contribution in [-0.2, 0) is 0 Å². The van der Waals surface area contributed by atoms with Gasteiger partial charge in [-0.05, 0) is 45.8 Å². The van der Waals surface area contributed by atoms with Crippen molar-refractivity contribution in [3.05, 3.63) is 52.0 Å². The Labute approximate surface area is 155 Å².